The van der Waals surface area contributed by atoms with Gasteiger partial charge in [-0.3, -0.25) is 4.79 Å². The Morgan fingerprint density at radius 3 is 2.43 bits per heavy atom. The predicted molar refractivity (Wildman–Crippen MR) is 83.4 cm³/mol. The summed E-state index contributed by atoms with van der Waals surface area (Å²) in [5.74, 6) is -1.44. The van der Waals surface area contributed by atoms with Crippen molar-refractivity contribution >= 4 is 17.5 Å². The van der Waals surface area contributed by atoms with E-state index in [1.807, 2.05) is 0 Å². The van der Waals surface area contributed by atoms with Gasteiger partial charge < -0.3 is 9.64 Å². The number of carbonyl (C=O) groups is 1. The van der Waals surface area contributed by atoms with Crippen LogP contribution in [0.25, 0.3) is 0 Å². The summed E-state index contributed by atoms with van der Waals surface area (Å²) >= 11 is 5.71. The molecule has 2 unspecified atom stereocenters. The van der Waals surface area contributed by atoms with Gasteiger partial charge in [0.25, 0.3) is 5.92 Å². The molecular weight excluding hydrogens is 324 g/mol. The molecule has 1 amide bonds. The Balaban J connectivity index is 1.65. The smallest absolute Gasteiger partial charge is 0.270 e. The van der Waals surface area contributed by atoms with Crippen molar-refractivity contribution < 1.29 is 18.3 Å². The molecule has 2 fully saturated rings. The molecule has 0 aromatic heterocycles. The Bertz CT molecular complexity index is 563. The molecule has 1 saturated heterocycles. The minimum absolute atomic E-state index is 0.0228. The molecular formula is C17H20ClF2NO2. The minimum atomic E-state index is -2.85. The van der Waals surface area contributed by atoms with E-state index in [1.54, 1.807) is 17.0 Å². The number of hydrogen-bond acceptors (Lipinski definition) is 2. The van der Waals surface area contributed by atoms with Gasteiger partial charge in [-0.05, 0) is 23.3 Å². The van der Waals surface area contributed by atoms with E-state index >= 15 is 0 Å². The van der Waals surface area contributed by atoms with Gasteiger partial charge in [0.05, 0.1) is 13.2 Å². The van der Waals surface area contributed by atoms with Crippen molar-refractivity contribution in [3.05, 3.63) is 35.4 Å². The van der Waals surface area contributed by atoms with Gasteiger partial charge in [-0.2, -0.15) is 0 Å². The molecule has 0 N–H and O–H groups in total. The monoisotopic (exact) mass is 343 g/mol. The standard InChI is InChI=1S/C17H20ClF2NO2/c1-17(19,20)12-4-2-11(3-5-12)7-21(16(22)6-18)8-13-14-9-23-10-15(13)14/h2-5,13-15H,6-10H2,1H3. The second-order valence-electron chi connectivity index (χ2n) is 6.52. The fourth-order valence-electron chi connectivity index (χ4n) is 3.35. The first kappa shape index (κ1) is 16.7. The molecule has 3 nitrogen and oxygen atoms in total. The quantitative estimate of drug-likeness (QED) is 0.742. The maximum atomic E-state index is 13.2. The number of carbonyl (C=O) groups excluding carboxylic acids is 1. The fraction of sp³-hybridized carbons (Fsp3) is 0.588. The molecule has 3 rings (SSSR count). The van der Waals surface area contributed by atoms with E-state index in [-0.39, 0.29) is 17.4 Å². The van der Waals surface area contributed by atoms with Crippen molar-refractivity contribution in [3.63, 3.8) is 0 Å². The summed E-state index contributed by atoms with van der Waals surface area (Å²) in [7, 11) is 0. The Kier molecular flexibility index (Phi) is 4.61. The van der Waals surface area contributed by atoms with Crippen LogP contribution in [0.3, 0.4) is 0 Å². The van der Waals surface area contributed by atoms with Crippen LogP contribution in [0.1, 0.15) is 18.1 Å². The van der Waals surface area contributed by atoms with Crippen molar-refractivity contribution in [2.75, 3.05) is 25.6 Å². The van der Waals surface area contributed by atoms with E-state index in [0.29, 0.717) is 30.8 Å². The van der Waals surface area contributed by atoms with Crippen LogP contribution in [0.2, 0.25) is 0 Å². The van der Waals surface area contributed by atoms with Crippen LogP contribution in [-0.2, 0) is 22.0 Å². The Morgan fingerprint density at radius 2 is 1.91 bits per heavy atom. The van der Waals surface area contributed by atoms with Gasteiger partial charge in [0, 0.05) is 25.6 Å². The van der Waals surface area contributed by atoms with Gasteiger partial charge in [0.1, 0.15) is 5.88 Å². The number of fused-ring (bicyclic) bond motifs is 1. The lowest BCUT2D eigenvalue weighted by Crippen LogP contribution is -2.34. The maximum absolute atomic E-state index is 13.2. The van der Waals surface area contributed by atoms with Crippen LogP contribution in [0.4, 0.5) is 8.78 Å². The van der Waals surface area contributed by atoms with Crippen molar-refractivity contribution in [3.8, 4) is 0 Å². The fourth-order valence-corrected chi connectivity index (χ4v) is 3.52. The zero-order valence-corrected chi connectivity index (χ0v) is 13.7. The first-order chi connectivity index (χ1) is 10.9. The average Bonchev–Trinajstić information content (AvgIpc) is 2.95. The predicted octanol–water partition coefficient (Wildman–Crippen LogP) is 3.26. The number of benzene rings is 1. The highest BCUT2D eigenvalue weighted by molar-refractivity contribution is 6.27. The first-order valence-corrected chi connectivity index (χ1v) is 8.32. The summed E-state index contributed by atoms with van der Waals surface area (Å²) in [5, 5.41) is 0. The summed E-state index contributed by atoms with van der Waals surface area (Å²) in [6.07, 6.45) is 0. The number of ether oxygens (including phenoxy) is 1. The molecule has 0 radical (unpaired) electrons. The van der Waals surface area contributed by atoms with Crippen molar-refractivity contribution in [2.24, 2.45) is 17.8 Å². The average molecular weight is 344 g/mol. The molecule has 1 aliphatic carbocycles. The molecule has 1 aromatic carbocycles. The summed E-state index contributed by atoms with van der Waals surface area (Å²) in [6, 6.07) is 6.13. The Labute approximate surface area is 139 Å². The lowest BCUT2D eigenvalue weighted by molar-refractivity contribution is -0.129. The van der Waals surface area contributed by atoms with Crippen LogP contribution in [0.15, 0.2) is 24.3 Å². The van der Waals surface area contributed by atoms with E-state index in [0.717, 1.165) is 25.7 Å². The zero-order valence-electron chi connectivity index (χ0n) is 13.0. The van der Waals surface area contributed by atoms with Crippen molar-refractivity contribution in [2.45, 2.75) is 19.4 Å². The number of amides is 1. The molecule has 1 heterocycles. The SMILES string of the molecule is CC(F)(F)c1ccc(CN(CC2C3COCC32)C(=O)CCl)cc1. The van der Waals surface area contributed by atoms with Gasteiger partial charge in [-0.1, -0.05) is 24.3 Å². The summed E-state index contributed by atoms with van der Waals surface area (Å²) in [5.41, 5.74) is 0.809. The van der Waals surface area contributed by atoms with Gasteiger partial charge in [-0.15, -0.1) is 11.6 Å². The van der Waals surface area contributed by atoms with E-state index in [9.17, 15) is 13.6 Å². The number of rotatable bonds is 6. The van der Waals surface area contributed by atoms with Gasteiger partial charge in [0.15, 0.2) is 0 Å². The van der Waals surface area contributed by atoms with E-state index in [1.165, 1.54) is 12.1 Å². The molecule has 6 heteroatoms. The summed E-state index contributed by atoms with van der Waals surface area (Å²) < 4.78 is 31.9. The summed E-state index contributed by atoms with van der Waals surface area (Å²) in [4.78, 5) is 13.8. The first-order valence-electron chi connectivity index (χ1n) is 7.79. The molecule has 0 spiro atoms. The number of hydrogen-bond donors (Lipinski definition) is 0. The summed E-state index contributed by atoms with van der Waals surface area (Å²) in [6.45, 7) is 3.49. The van der Waals surface area contributed by atoms with Crippen LogP contribution in [-0.4, -0.2) is 36.4 Å². The largest absolute Gasteiger partial charge is 0.381 e. The number of nitrogens with zero attached hydrogens (tertiary/aromatic N) is 1. The molecule has 23 heavy (non-hydrogen) atoms. The van der Waals surface area contributed by atoms with E-state index in [2.05, 4.69) is 0 Å². The molecule has 2 atom stereocenters. The molecule has 1 aliphatic heterocycles. The van der Waals surface area contributed by atoms with Crippen LogP contribution < -0.4 is 0 Å². The third-order valence-corrected chi connectivity index (χ3v) is 5.09. The Morgan fingerprint density at radius 1 is 1.30 bits per heavy atom. The van der Waals surface area contributed by atoms with Gasteiger partial charge in [0.2, 0.25) is 5.91 Å². The highest BCUT2D eigenvalue weighted by Crippen LogP contribution is 2.51. The maximum Gasteiger partial charge on any atom is 0.270 e. The van der Waals surface area contributed by atoms with Crippen molar-refractivity contribution in [1.82, 2.24) is 4.90 Å². The number of alkyl halides is 3. The highest BCUT2D eigenvalue weighted by Gasteiger charge is 2.54. The second-order valence-corrected chi connectivity index (χ2v) is 6.79. The molecule has 126 valence electrons. The molecule has 1 saturated carbocycles. The van der Waals surface area contributed by atoms with Gasteiger partial charge in [-0.25, -0.2) is 8.78 Å². The van der Waals surface area contributed by atoms with Crippen LogP contribution >= 0.6 is 11.6 Å². The second kappa shape index (κ2) is 6.36. The number of halogens is 3. The lowest BCUT2D eigenvalue weighted by atomic mass is 10.1. The third kappa shape index (κ3) is 3.66. The molecule has 2 aliphatic rings. The van der Waals surface area contributed by atoms with E-state index < -0.39 is 5.92 Å². The van der Waals surface area contributed by atoms with Crippen LogP contribution in [0, 0.1) is 17.8 Å². The third-order valence-electron chi connectivity index (χ3n) is 4.86. The van der Waals surface area contributed by atoms with Gasteiger partial charge >= 0.3 is 0 Å². The van der Waals surface area contributed by atoms with E-state index in [4.69, 9.17) is 16.3 Å². The topological polar surface area (TPSA) is 29.5 Å². The minimum Gasteiger partial charge on any atom is -0.381 e. The highest BCUT2D eigenvalue weighted by atomic mass is 35.5. The van der Waals surface area contributed by atoms with Crippen LogP contribution in [0.5, 0.6) is 0 Å². The molecule has 0 bridgehead atoms. The lowest BCUT2D eigenvalue weighted by Gasteiger charge is -2.23. The Hall–Kier alpha value is -1.20. The normalized spacial score (nSPS) is 26.0. The van der Waals surface area contributed by atoms with Crippen molar-refractivity contribution in [1.29, 1.82) is 0 Å². The molecule has 1 aromatic rings. The zero-order chi connectivity index (χ0) is 16.6.